The number of likely N-dealkylation sites (tertiary alicyclic amines) is 1. The zero-order valence-electron chi connectivity index (χ0n) is 12.1. The highest BCUT2D eigenvalue weighted by Gasteiger charge is 2.47. The van der Waals surface area contributed by atoms with Gasteiger partial charge in [0.2, 0.25) is 0 Å². The molecule has 1 N–H and O–H groups in total. The van der Waals surface area contributed by atoms with Gasteiger partial charge in [0.15, 0.2) is 0 Å². The molecule has 19 heavy (non-hydrogen) atoms. The topological polar surface area (TPSA) is 32.7 Å². The van der Waals surface area contributed by atoms with Crippen LogP contribution in [0.15, 0.2) is 0 Å². The van der Waals surface area contributed by atoms with Crippen LogP contribution < -0.4 is 0 Å². The lowest BCUT2D eigenvalue weighted by atomic mass is 9.70. The minimum absolute atomic E-state index is 0.104. The fourth-order valence-corrected chi connectivity index (χ4v) is 5.23. The number of nitrogens with zero attached hydrogens (tertiary/aromatic N) is 1. The highest BCUT2D eigenvalue weighted by Crippen LogP contribution is 2.45. The monoisotopic (exact) mass is 285 g/mol. The Bertz CT molecular complexity index is 304. The van der Waals surface area contributed by atoms with E-state index in [9.17, 15) is 5.11 Å². The van der Waals surface area contributed by atoms with Gasteiger partial charge in [0, 0.05) is 19.7 Å². The molecule has 0 bridgehead atoms. The van der Waals surface area contributed by atoms with Crippen LogP contribution in [-0.2, 0) is 4.74 Å². The molecule has 4 heteroatoms. The molecule has 3 saturated heterocycles. The van der Waals surface area contributed by atoms with Crippen molar-refractivity contribution in [2.24, 2.45) is 5.92 Å². The molecule has 3 nitrogen and oxygen atoms in total. The van der Waals surface area contributed by atoms with E-state index in [1.165, 1.54) is 24.3 Å². The van der Waals surface area contributed by atoms with Gasteiger partial charge >= 0.3 is 0 Å². The van der Waals surface area contributed by atoms with E-state index in [2.05, 4.69) is 11.9 Å². The molecule has 0 radical (unpaired) electrons. The predicted molar refractivity (Wildman–Crippen MR) is 79.6 cm³/mol. The van der Waals surface area contributed by atoms with Crippen molar-refractivity contribution >= 4 is 11.8 Å². The largest absolute Gasteiger partial charge is 0.389 e. The average Bonchev–Trinajstić information content (AvgIpc) is 2.43. The zero-order chi connectivity index (χ0) is 13.3. The number of aliphatic hydroxyl groups is 1. The van der Waals surface area contributed by atoms with E-state index in [1.54, 1.807) is 0 Å². The predicted octanol–water partition coefficient (Wildman–Crippen LogP) is 2.14. The second-order valence-corrected chi connectivity index (χ2v) is 7.97. The van der Waals surface area contributed by atoms with Crippen molar-refractivity contribution in [1.82, 2.24) is 4.90 Å². The van der Waals surface area contributed by atoms with E-state index in [-0.39, 0.29) is 5.60 Å². The molecule has 3 aliphatic rings. The lowest BCUT2D eigenvalue weighted by Crippen LogP contribution is -2.53. The van der Waals surface area contributed by atoms with Crippen molar-refractivity contribution in [2.45, 2.75) is 49.7 Å². The Morgan fingerprint density at radius 3 is 2.53 bits per heavy atom. The summed E-state index contributed by atoms with van der Waals surface area (Å²) in [7, 11) is 2.16. The first-order valence-corrected chi connectivity index (χ1v) is 8.90. The van der Waals surface area contributed by atoms with Crippen LogP contribution >= 0.6 is 11.8 Å². The number of hydrogen-bond donors (Lipinski definition) is 1. The zero-order valence-corrected chi connectivity index (χ0v) is 12.9. The van der Waals surface area contributed by atoms with Gasteiger partial charge in [-0.3, -0.25) is 0 Å². The van der Waals surface area contributed by atoms with Crippen molar-refractivity contribution in [3.8, 4) is 0 Å². The molecule has 0 amide bonds. The lowest BCUT2D eigenvalue weighted by molar-refractivity contribution is -0.157. The Morgan fingerprint density at radius 1 is 1.16 bits per heavy atom. The molecule has 0 aromatic carbocycles. The van der Waals surface area contributed by atoms with Gasteiger partial charge in [-0.05, 0) is 63.0 Å². The Balaban J connectivity index is 1.67. The summed E-state index contributed by atoms with van der Waals surface area (Å²) in [5.41, 5.74) is -0.318. The summed E-state index contributed by atoms with van der Waals surface area (Å²) in [6, 6.07) is 0. The molecule has 0 aromatic rings. The van der Waals surface area contributed by atoms with E-state index in [0.29, 0.717) is 5.92 Å². The molecule has 3 fully saturated rings. The highest BCUT2D eigenvalue weighted by molar-refractivity contribution is 7.99. The molecule has 1 spiro atoms. The molecule has 1 unspecified atom stereocenters. The van der Waals surface area contributed by atoms with Crippen LogP contribution in [-0.4, -0.2) is 59.5 Å². The van der Waals surface area contributed by atoms with Gasteiger partial charge in [0.25, 0.3) is 0 Å². The van der Waals surface area contributed by atoms with Gasteiger partial charge in [0.1, 0.15) is 0 Å². The minimum Gasteiger partial charge on any atom is -0.389 e. The number of hydrogen-bond acceptors (Lipinski definition) is 4. The molecule has 0 aliphatic carbocycles. The summed E-state index contributed by atoms with van der Waals surface area (Å²) in [4.78, 5) is 2.33. The third-order valence-corrected chi connectivity index (χ3v) is 6.50. The molecule has 3 rings (SSSR count). The normalized spacial score (nSPS) is 35.4. The molecule has 3 aliphatic heterocycles. The van der Waals surface area contributed by atoms with Gasteiger partial charge in [-0.1, -0.05) is 0 Å². The third kappa shape index (κ3) is 2.97. The number of rotatable bonds is 1. The summed E-state index contributed by atoms with van der Waals surface area (Å²) < 4.78 is 6.16. The Morgan fingerprint density at radius 2 is 1.84 bits per heavy atom. The Kier molecular flexibility index (Phi) is 4.14. The Hall–Kier alpha value is 0.230. The van der Waals surface area contributed by atoms with Crippen LogP contribution in [0.25, 0.3) is 0 Å². The second-order valence-electron chi connectivity index (χ2n) is 6.74. The maximum atomic E-state index is 11.0. The first kappa shape index (κ1) is 14.2. The highest BCUT2D eigenvalue weighted by atomic mass is 32.2. The van der Waals surface area contributed by atoms with E-state index in [0.717, 1.165) is 45.4 Å². The minimum atomic E-state index is -0.423. The summed E-state index contributed by atoms with van der Waals surface area (Å²) in [6.07, 6.45) is 6.40. The number of thioether (sulfide) groups is 1. The van der Waals surface area contributed by atoms with E-state index >= 15 is 0 Å². The fraction of sp³-hybridized carbons (Fsp3) is 1.00. The SMILES string of the molecule is CN1CCC(O)(C2CCOC3(CCSCC3)C2)CC1. The maximum absolute atomic E-state index is 11.0. The molecule has 1 atom stereocenters. The van der Waals surface area contributed by atoms with Gasteiger partial charge in [-0.2, -0.15) is 11.8 Å². The second kappa shape index (κ2) is 5.55. The van der Waals surface area contributed by atoms with Crippen molar-refractivity contribution in [3.63, 3.8) is 0 Å². The standard InChI is InChI=1S/C15H27NO2S/c1-16-7-3-15(17,4-8-16)13-2-9-18-14(12-13)5-10-19-11-6-14/h13,17H,2-12H2,1H3. The molecule has 0 saturated carbocycles. The smallest absolute Gasteiger partial charge is 0.0702 e. The van der Waals surface area contributed by atoms with Crippen LogP contribution in [0.2, 0.25) is 0 Å². The summed E-state index contributed by atoms with van der Waals surface area (Å²) in [5.74, 6) is 2.92. The van der Waals surface area contributed by atoms with Gasteiger partial charge < -0.3 is 14.7 Å². The average molecular weight is 285 g/mol. The molecular weight excluding hydrogens is 258 g/mol. The first-order valence-electron chi connectivity index (χ1n) is 7.75. The number of piperidine rings is 1. The summed E-state index contributed by atoms with van der Waals surface area (Å²) in [6.45, 7) is 2.93. The van der Waals surface area contributed by atoms with E-state index < -0.39 is 5.60 Å². The van der Waals surface area contributed by atoms with Gasteiger partial charge in [-0.25, -0.2) is 0 Å². The molecular formula is C15H27NO2S. The van der Waals surface area contributed by atoms with Crippen molar-refractivity contribution < 1.29 is 9.84 Å². The van der Waals surface area contributed by atoms with Crippen LogP contribution in [0.5, 0.6) is 0 Å². The third-order valence-electron chi connectivity index (χ3n) is 5.51. The van der Waals surface area contributed by atoms with Gasteiger partial charge in [0.05, 0.1) is 11.2 Å². The summed E-state index contributed by atoms with van der Waals surface area (Å²) in [5, 5.41) is 11.0. The van der Waals surface area contributed by atoms with Crippen LogP contribution in [0.3, 0.4) is 0 Å². The van der Waals surface area contributed by atoms with E-state index in [1.807, 2.05) is 11.8 Å². The Labute approximate surface area is 121 Å². The first-order chi connectivity index (χ1) is 9.12. The molecule has 0 aromatic heterocycles. The van der Waals surface area contributed by atoms with Crippen molar-refractivity contribution in [2.75, 3.05) is 38.2 Å². The van der Waals surface area contributed by atoms with Crippen LogP contribution in [0.1, 0.15) is 38.5 Å². The van der Waals surface area contributed by atoms with Crippen LogP contribution in [0.4, 0.5) is 0 Å². The van der Waals surface area contributed by atoms with E-state index in [4.69, 9.17) is 4.74 Å². The fourth-order valence-electron chi connectivity index (χ4n) is 3.99. The number of ether oxygens (including phenoxy) is 1. The quantitative estimate of drug-likeness (QED) is 0.800. The van der Waals surface area contributed by atoms with Crippen molar-refractivity contribution in [1.29, 1.82) is 0 Å². The molecule has 110 valence electrons. The lowest BCUT2D eigenvalue weighted by Gasteiger charge is -2.50. The van der Waals surface area contributed by atoms with Crippen LogP contribution in [0, 0.1) is 5.92 Å². The van der Waals surface area contributed by atoms with Crippen molar-refractivity contribution in [3.05, 3.63) is 0 Å². The van der Waals surface area contributed by atoms with Gasteiger partial charge in [-0.15, -0.1) is 0 Å². The molecule has 3 heterocycles. The maximum Gasteiger partial charge on any atom is 0.0702 e. The summed E-state index contributed by atoms with van der Waals surface area (Å²) >= 11 is 2.05.